The Kier molecular flexibility index (Phi) is 6.16. The van der Waals surface area contributed by atoms with Gasteiger partial charge >= 0.3 is 12.1 Å². The summed E-state index contributed by atoms with van der Waals surface area (Å²) in [6.07, 6.45) is -4.53. The molecule has 0 spiro atoms. The molecule has 162 valence electrons. The van der Waals surface area contributed by atoms with Gasteiger partial charge < -0.3 is 9.67 Å². The third-order valence-electron chi connectivity index (χ3n) is 4.80. The number of pyridine rings is 2. The Morgan fingerprint density at radius 1 is 1.13 bits per heavy atom. The molecule has 1 N–H and O–H groups in total. The lowest BCUT2D eigenvalue weighted by molar-refractivity contribution is -0.137. The normalized spacial score (nSPS) is 11.6. The molecule has 3 rings (SSSR count). The number of nitrogens with zero attached hydrogens (tertiary/aromatic N) is 2. The summed E-state index contributed by atoms with van der Waals surface area (Å²) in [5.41, 5.74) is -1.56. The first-order valence-electron chi connectivity index (χ1n) is 8.98. The summed E-state index contributed by atoms with van der Waals surface area (Å²) in [6.45, 7) is 3.59. The Hall–Kier alpha value is -2.84. The van der Waals surface area contributed by atoms with Crippen LogP contribution in [0.5, 0.6) is 0 Å². The van der Waals surface area contributed by atoms with E-state index in [1.807, 2.05) is 0 Å². The molecule has 0 unspecified atom stereocenters. The summed E-state index contributed by atoms with van der Waals surface area (Å²) in [4.78, 5) is 29.4. The highest BCUT2D eigenvalue weighted by molar-refractivity contribution is 6.41. The highest BCUT2D eigenvalue weighted by Crippen LogP contribution is 2.33. The minimum absolute atomic E-state index is 0.00298. The van der Waals surface area contributed by atoms with Crippen molar-refractivity contribution in [2.45, 2.75) is 26.6 Å². The molecule has 0 amide bonds. The molecular weight excluding hydrogens is 456 g/mol. The van der Waals surface area contributed by atoms with E-state index in [4.69, 9.17) is 23.2 Å². The molecule has 0 radical (unpaired) electrons. The summed E-state index contributed by atoms with van der Waals surface area (Å²) >= 11 is 11.9. The minimum Gasteiger partial charge on any atom is -0.477 e. The predicted octanol–water partition coefficient (Wildman–Crippen LogP) is 5.93. The van der Waals surface area contributed by atoms with E-state index in [1.54, 1.807) is 18.4 Å². The SMILES string of the molecule is CCn1c(C)c(-c2ccc(C(F)(F)F)cc2)c(=O)c(C(=O)O)c1-c1ccc(Cl)c(Cl)n1. The quantitative estimate of drug-likeness (QED) is 0.479. The van der Waals surface area contributed by atoms with Crippen LogP contribution in [-0.4, -0.2) is 20.6 Å². The lowest BCUT2D eigenvalue weighted by Crippen LogP contribution is -2.25. The van der Waals surface area contributed by atoms with Crippen molar-refractivity contribution in [1.29, 1.82) is 0 Å². The second kappa shape index (κ2) is 8.36. The number of alkyl halides is 3. The van der Waals surface area contributed by atoms with Crippen molar-refractivity contribution in [2.75, 3.05) is 0 Å². The van der Waals surface area contributed by atoms with Crippen molar-refractivity contribution in [3.05, 3.63) is 73.6 Å². The van der Waals surface area contributed by atoms with E-state index in [-0.39, 0.29) is 39.2 Å². The van der Waals surface area contributed by atoms with Gasteiger partial charge in [-0.15, -0.1) is 0 Å². The van der Waals surface area contributed by atoms with Crippen LogP contribution in [-0.2, 0) is 12.7 Å². The second-order valence-corrected chi connectivity index (χ2v) is 7.37. The van der Waals surface area contributed by atoms with Crippen molar-refractivity contribution < 1.29 is 23.1 Å². The van der Waals surface area contributed by atoms with Gasteiger partial charge in [-0.3, -0.25) is 4.79 Å². The molecule has 10 heteroatoms. The monoisotopic (exact) mass is 470 g/mol. The van der Waals surface area contributed by atoms with Crippen molar-refractivity contribution in [2.24, 2.45) is 0 Å². The van der Waals surface area contributed by atoms with Crippen molar-refractivity contribution in [3.8, 4) is 22.5 Å². The van der Waals surface area contributed by atoms with Gasteiger partial charge in [-0.1, -0.05) is 35.3 Å². The molecule has 0 saturated carbocycles. The number of hydrogen-bond donors (Lipinski definition) is 1. The number of carbonyl (C=O) groups is 1. The number of carboxylic acid groups (broad SMARTS) is 1. The zero-order valence-electron chi connectivity index (χ0n) is 16.2. The molecule has 0 fully saturated rings. The Balaban J connectivity index is 2.36. The molecule has 31 heavy (non-hydrogen) atoms. The van der Waals surface area contributed by atoms with Crippen molar-refractivity contribution in [1.82, 2.24) is 9.55 Å². The van der Waals surface area contributed by atoms with Crippen molar-refractivity contribution >= 4 is 29.2 Å². The van der Waals surface area contributed by atoms with Crippen LogP contribution >= 0.6 is 23.2 Å². The van der Waals surface area contributed by atoms with Crippen LogP contribution in [0.1, 0.15) is 28.5 Å². The Labute approximate surface area is 184 Å². The maximum absolute atomic E-state index is 13.2. The topological polar surface area (TPSA) is 72.2 Å². The van der Waals surface area contributed by atoms with Gasteiger partial charge in [0.05, 0.1) is 22.0 Å². The fourth-order valence-electron chi connectivity index (χ4n) is 3.41. The third-order valence-corrected chi connectivity index (χ3v) is 5.49. The van der Waals surface area contributed by atoms with Gasteiger partial charge in [0.25, 0.3) is 0 Å². The molecule has 0 aliphatic rings. The number of hydrogen-bond acceptors (Lipinski definition) is 3. The molecular formula is C21H15Cl2F3N2O3. The van der Waals surface area contributed by atoms with Crippen LogP contribution < -0.4 is 5.43 Å². The highest BCUT2D eigenvalue weighted by atomic mass is 35.5. The van der Waals surface area contributed by atoms with Gasteiger partial charge in [0.1, 0.15) is 10.7 Å². The summed E-state index contributed by atoms with van der Waals surface area (Å²) in [7, 11) is 0. The van der Waals surface area contributed by atoms with Crippen LogP contribution in [0.2, 0.25) is 10.2 Å². The predicted molar refractivity (Wildman–Crippen MR) is 112 cm³/mol. The summed E-state index contributed by atoms with van der Waals surface area (Å²) in [6, 6.07) is 6.86. The standard InChI is InChI=1S/C21H15Cl2F3N2O3/c1-3-28-10(2)15(11-4-6-12(7-5-11)21(24,25)26)18(29)16(20(30)31)17(28)14-9-8-13(22)19(23)27-14/h4-9H,3H2,1-2H3,(H,30,31). The first kappa shape index (κ1) is 22.8. The van der Waals surface area contributed by atoms with Crippen LogP contribution in [0.3, 0.4) is 0 Å². The van der Waals surface area contributed by atoms with E-state index in [1.165, 1.54) is 12.1 Å². The largest absolute Gasteiger partial charge is 0.477 e. The molecule has 2 heterocycles. The van der Waals surface area contributed by atoms with Crippen LogP contribution in [0.4, 0.5) is 13.2 Å². The zero-order valence-corrected chi connectivity index (χ0v) is 17.7. The molecule has 5 nitrogen and oxygen atoms in total. The van der Waals surface area contributed by atoms with Crippen LogP contribution in [0, 0.1) is 6.92 Å². The Bertz CT molecular complexity index is 1240. The molecule has 0 bridgehead atoms. The summed E-state index contributed by atoms with van der Waals surface area (Å²) in [5.74, 6) is -1.50. The lowest BCUT2D eigenvalue weighted by Gasteiger charge is -2.21. The molecule has 0 aliphatic carbocycles. The smallest absolute Gasteiger partial charge is 0.416 e. The zero-order chi connectivity index (χ0) is 23.1. The van der Waals surface area contributed by atoms with Gasteiger partial charge in [-0.2, -0.15) is 13.2 Å². The average molecular weight is 471 g/mol. The second-order valence-electron chi connectivity index (χ2n) is 6.61. The van der Waals surface area contributed by atoms with Gasteiger partial charge in [0, 0.05) is 17.8 Å². The minimum atomic E-state index is -4.53. The number of aromatic nitrogens is 2. The number of halogens is 5. The van der Waals surface area contributed by atoms with Gasteiger partial charge in [0.15, 0.2) is 0 Å². The highest BCUT2D eigenvalue weighted by Gasteiger charge is 2.31. The van der Waals surface area contributed by atoms with E-state index in [9.17, 15) is 27.9 Å². The Morgan fingerprint density at radius 2 is 1.74 bits per heavy atom. The number of rotatable bonds is 4. The first-order chi connectivity index (χ1) is 14.5. The number of aromatic carboxylic acids is 1. The average Bonchev–Trinajstić information content (AvgIpc) is 2.69. The van der Waals surface area contributed by atoms with E-state index < -0.39 is 28.7 Å². The van der Waals surface area contributed by atoms with Gasteiger partial charge in [-0.05, 0) is 43.7 Å². The van der Waals surface area contributed by atoms with E-state index >= 15 is 0 Å². The van der Waals surface area contributed by atoms with Crippen LogP contribution in [0.15, 0.2) is 41.2 Å². The van der Waals surface area contributed by atoms with E-state index in [0.717, 1.165) is 24.3 Å². The molecule has 3 aromatic rings. The van der Waals surface area contributed by atoms with Crippen molar-refractivity contribution in [3.63, 3.8) is 0 Å². The fraction of sp³-hybridized carbons (Fsp3) is 0.190. The maximum Gasteiger partial charge on any atom is 0.416 e. The first-order valence-corrected chi connectivity index (χ1v) is 9.73. The number of benzene rings is 1. The third kappa shape index (κ3) is 4.18. The summed E-state index contributed by atoms with van der Waals surface area (Å²) < 4.78 is 40.3. The van der Waals surface area contributed by atoms with Crippen LogP contribution in [0.25, 0.3) is 22.5 Å². The molecule has 0 aliphatic heterocycles. The maximum atomic E-state index is 13.2. The van der Waals surface area contributed by atoms with Gasteiger partial charge in [0.2, 0.25) is 5.43 Å². The van der Waals surface area contributed by atoms with E-state index in [2.05, 4.69) is 4.98 Å². The number of carboxylic acids is 1. The fourth-order valence-corrected chi connectivity index (χ4v) is 3.67. The molecule has 0 atom stereocenters. The molecule has 2 aromatic heterocycles. The summed E-state index contributed by atoms with van der Waals surface area (Å²) in [5, 5.41) is 9.91. The molecule has 1 aromatic carbocycles. The molecule has 0 saturated heterocycles. The van der Waals surface area contributed by atoms with E-state index in [0.29, 0.717) is 5.69 Å². The Morgan fingerprint density at radius 3 is 2.23 bits per heavy atom. The van der Waals surface area contributed by atoms with Gasteiger partial charge in [-0.25, -0.2) is 9.78 Å². The lowest BCUT2D eigenvalue weighted by atomic mass is 9.97.